The van der Waals surface area contributed by atoms with Crippen molar-refractivity contribution in [2.24, 2.45) is 0 Å². The lowest BCUT2D eigenvalue weighted by Gasteiger charge is -2.11. The van der Waals surface area contributed by atoms with Gasteiger partial charge < -0.3 is 8.83 Å². The highest BCUT2D eigenvalue weighted by atomic mass is 16.4. The Morgan fingerprint density at radius 2 is 0.893 bits per heavy atom. The number of rotatable bonds is 4. The van der Waals surface area contributed by atoms with Crippen molar-refractivity contribution in [2.45, 2.75) is 0 Å². The summed E-state index contributed by atoms with van der Waals surface area (Å²) in [5.74, 6) is 2.38. The first-order valence-electron chi connectivity index (χ1n) is 18.6. The fourth-order valence-electron chi connectivity index (χ4n) is 8.14. The van der Waals surface area contributed by atoms with Gasteiger partial charge in [0.05, 0.1) is 5.39 Å². The highest BCUT2D eigenvalue weighted by molar-refractivity contribution is 6.25. The molecule has 260 valence electrons. The summed E-state index contributed by atoms with van der Waals surface area (Å²) in [6.07, 6.45) is 0. The van der Waals surface area contributed by atoms with Crippen LogP contribution in [0.25, 0.3) is 122 Å². The molecule has 0 fully saturated rings. The maximum absolute atomic E-state index is 6.64. The second kappa shape index (κ2) is 11.9. The Kier molecular flexibility index (Phi) is 6.53. The lowest BCUT2D eigenvalue weighted by molar-refractivity contribution is 0.622. The molecule has 9 aromatic carbocycles. The predicted molar refractivity (Wildman–Crippen MR) is 226 cm³/mol. The minimum absolute atomic E-state index is 0.570. The van der Waals surface area contributed by atoms with E-state index in [2.05, 4.69) is 140 Å². The summed E-state index contributed by atoms with van der Waals surface area (Å²) in [5.41, 5.74) is 6.64. The van der Waals surface area contributed by atoms with Crippen LogP contribution in [0.2, 0.25) is 0 Å². The van der Waals surface area contributed by atoms with Gasteiger partial charge >= 0.3 is 0 Å². The van der Waals surface area contributed by atoms with E-state index >= 15 is 0 Å². The lowest BCUT2D eigenvalue weighted by atomic mass is 10.0. The van der Waals surface area contributed by atoms with Gasteiger partial charge in [-0.25, -0.2) is 19.9 Å². The molecule has 6 nitrogen and oxygen atoms in total. The number of hydrogen-bond donors (Lipinski definition) is 0. The second-order valence-electron chi connectivity index (χ2n) is 14.2. The highest BCUT2D eigenvalue weighted by Crippen LogP contribution is 2.41. The molecule has 56 heavy (non-hydrogen) atoms. The minimum atomic E-state index is 0.570. The third-order valence-electron chi connectivity index (χ3n) is 10.9. The van der Waals surface area contributed by atoms with Crippen LogP contribution in [0.1, 0.15) is 0 Å². The number of aromatic nitrogens is 4. The molecule has 0 bridgehead atoms. The molecule has 0 unspecified atom stereocenters. The van der Waals surface area contributed by atoms with E-state index in [4.69, 9.17) is 28.8 Å². The number of oxazole rings is 1. The summed E-state index contributed by atoms with van der Waals surface area (Å²) >= 11 is 0. The minimum Gasteiger partial charge on any atom is -0.456 e. The molecule has 0 atom stereocenters. The van der Waals surface area contributed by atoms with E-state index in [0.29, 0.717) is 28.9 Å². The molecule has 0 N–H and O–H groups in total. The standard InChI is InChI=1S/C50H28N4O2/c1-3-11-33-26-35(19-16-29(33)8-1)47-52-48(54-49(53-47)39-15-7-13-31-10-5-6-14-38(31)39)36-20-18-32-22-24-42-44(40(32)28-36)45-43(55-42)25-23-41-46(45)56-50(51-41)37-21-17-30-9-2-4-12-34(30)27-37/h1-28H. The van der Waals surface area contributed by atoms with Crippen molar-refractivity contribution in [1.29, 1.82) is 0 Å². The summed E-state index contributed by atoms with van der Waals surface area (Å²) < 4.78 is 13.1. The third kappa shape index (κ3) is 4.83. The van der Waals surface area contributed by atoms with Crippen molar-refractivity contribution < 1.29 is 8.83 Å². The maximum atomic E-state index is 6.64. The maximum Gasteiger partial charge on any atom is 0.227 e. The normalized spacial score (nSPS) is 11.9. The molecule has 3 heterocycles. The van der Waals surface area contributed by atoms with Gasteiger partial charge in [-0.1, -0.05) is 127 Å². The zero-order valence-corrected chi connectivity index (χ0v) is 29.8. The van der Waals surface area contributed by atoms with Gasteiger partial charge in [0.1, 0.15) is 16.7 Å². The van der Waals surface area contributed by atoms with Crippen LogP contribution in [-0.2, 0) is 0 Å². The molecular formula is C50H28N4O2. The Labute approximate surface area is 319 Å². The summed E-state index contributed by atoms with van der Waals surface area (Å²) in [4.78, 5) is 20.4. The molecule has 12 aromatic rings. The van der Waals surface area contributed by atoms with Crippen LogP contribution in [-0.4, -0.2) is 19.9 Å². The molecule has 0 amide bonds. The van der Waals surface area contributed by atoms with Crippen molar-refractivity contribution in [3.05, 3.63) is 170 Å². The summed E-state index contributed by atoms with van der Waals surface area (Å²) in [5, 5.41) is 10.7. The van der Waals surface area contributed by atoms with Gasteiger partial charge in [0.25, 0.3) is 0 Å². The van der Waals surface area contributed by atoms with Crippen LogP contribution < -0.4 is 0 Å². The molecular weight excluding hydrogens is 689 g/mol. The zero-order valence-electron chi connectivity index (χ0n) is 29.8. The fourth-order valence-corrected chi connectivity index (χ4v) is 8.14. The molecule has 0 aliphatic carbocycles. The Balaban J connectivity index is 1.08. The van der Waals surface area contributed by atoms with E-state index in [1.165, 1.54) is 5.39 Å². The molecule has 0 saturated carbocycles. The highest BCUT2D eigenvalue weighted by Gasteiger charge is 2.20. The summed E-state index contributed by atoms with van der Waals surface area (Å²) in [7, 11) is 0. The van der Waals surface area contributed by atoms with Crippen LogP contribution in [0.4, 0.5) is 0 Å². The molecule has 0 aliphatic heterocycles. The average Bonchev–Trinajstić information content (AvgIpc) is 3.88. The number of furan rings is 1. The lowest BCUT2D eigenvalue weighted by Crippen LogP contribution is -2.00. The van der Waals surface area contributed by atoms with Gasteiger partial charge in [0.15, 0.2) is 23.1 Å². The monoisotopic (exact) mass is 716 g/mol. The van der Waals surface area contributed by atoms with Crippen LogP contribution >= 0.6 is 0 Å². The molecule has 6 heteroatoms. The Morgan fingerprint density at radius 3 is 1.68 bits per heavy atom. The van der Waals surface area contributed by atoms with E-state index < -0.39 is 0 Å². The Morgan fingerprint density at radius 1 is 0.339 bits per heavy atom. The smallest absolute Gasteiger partial charge is 0.227 e. The molecule has 3 aromatic heterocycles. The van der Waals surface area contributed by atoms with Gasteiger partial charge in [0.2, 0.25) is 5.89 Å². The number of nitrogens with zero attached hydrogens (tertiary/aromatic N) is 4. The fraction of sp³-hybridized carbons (Fsp3) is 0. The van der Waals surface area contributed by atoms with E-state index in [0.717, 1.165) is 87.4 Å². The molecule has 0 aliphatic rings. The van der Waals surface area contributed by atoms with E-state index in [1.807, 2.05) is 30.3 Å². The van der Waals surface area contributed by atoms with Gasteiger partial charge in [-0.05, 0) is 85.6 Å². The first-order chi connectivity index (χ1) is 27.7. The second-order valence-corrected chi connectivity index (χ2v) is 14.2. The van der Waals surface area contributed by atoms with Crippen molar-refractivity contribution in [3.63, 3.8) is 0 Å². The van der Waals surface area contributed by atoms with Crippen molar-refractivity contribution in [2.75, 3.05) is 0 Å². The first kappa shape index (κ1) is 30.7. The van der Waals surface area contributed by atoms with E-state index in [-0.39, 0.29) is 0 Å². The number of fused-ring (bicyclic) bond motifs is 10. The molecule has 0 spiro atoms. The van der Waals surface area contributed by atoms with Crippen molar-refractivity contribution in [1.82, 2.24) is 19.9 Å². The van der Waals surface area contributed by atoms with Gasteiger partial charge in [0, 0.05) is 27.6 Å². The Bertz CT molecular complexity index is 3560. The zero-order chi connectivity index (χ0) is 36.7. The number of hydrogen-bond acceptors (Lipinski definition) is 6. The van der Waals surface area contributed by atoms with Crippen LogP contribution in [0, 0.1) is 0 Å². The van der Waals surface area contributed by atoms with Crippen LogP contribution in [0.15, 0.2) is 179 Å². The van der Waals surface area contributed by atoms with Crippen LogP contribution in [0.5, 0.6) is 0 Å². The summed E-state index contributed by atoms with van der Waals surface area (Å²) in [6, 6.07) is 58.4. The van der Waals surface area contributed by atoms with Gasteiger partial charge in [-0.2, -0.15) is 0 Å². The molecule has 12 rings (SSSR count). The van der Waals surface area contributed by atoms with Crippen LogP contribution in [0.3, 0.4) is 0 Å². The molecule has 0 saturated heterocycles. The largest absolute Gasteiger partial charge is 0.456 e. The predicted octanol–water partition coefficient (Wildman–Crippen LogP) is 13.2. The van der Waals surface area contributed by atoms with Gasteiger partial charge in [-0.15, -0.1) is 0 Å². The van der Waals surface area contributed by atoms with Crippen molar-refractivity contribution in [3.8, 4) is 45.6 Å². The van der Waals surface area contributed by atoms with E-state index in [9.17, 15) is 0 Å². The first-order valence-corrected chi connectivity index (χ1v) is 18.6. The third-order valence-corrected chi connectivity index (χ3v) is 10.9. The van der Waals surface area contributed by atoms with Crippen molar-refractivity contribution >= 4 is 76.1 Å². The number of benzene rings is 9. The Hall–Kier alpha value is -7.70. The summed E-state index contributed by atoms with van der Waals surface area (Å²) in [6.45, 7) is 0. The van der Waals surface area contributed by atoms with E-state index in [1.54, 1.807) is 0 Å². The quantitative estimate of drug-likeness (QED) is 0.180. The SMILES string of the molecule is c1ccc2cc(-c3nc(-c4ccc5ccc6oc7ccc8nc(-c9ccc%10ccccc%10c9)oc8c7c6c5c4)nc(-c4cccc5ccccc45)n3)ccc2c1. The van der Waals surface area contributed by atoms with Gasteiger partial charge in [-0.3, -0.25) is 0 Å². The topological polar surface area (TPSA) is 77.8 Å². The average molecular weight is 717 g/mol. The molecule has 0 radical (unpaired) electrons.